The highest BCUT2D eigenvalue weighted by atomic mass is 16.1. The van der Waals surface area contributed by atoms with E-state index in [-0.39, 0.29) is 0 Å². The van der Waals surface area contributed by atoms with Crippen LogP contribution in [0.2, 0.25) is 0 Å². The first kappa shape index (κ1) is 11.9. The molecule has 1 fully saturated rings. The lowest BCUT2D eigenvalue weighted by Crippen LogP contribution is -2.00. The molecule has 0 radical (unpaired) electrons. The maximum atomic E-state index is 10.8. The van der Waals surface area contributed by atoms with Crippen molar-refractivity contribution >= 4 is 5.78 Å². The molecule has 0 aromatic carbocycles. The zero-order valence-electron chi connectivity index (χ0n) is 9.19. The monoisotopic (exact) mass is 205 g/mol. The van der Waals surface area contributed by atoms with Crippen LogP contribution in [0.15, 0.2) is 30.6 Å². The summed E-state index contributed by atoms with van der Waals surface area (Å²) >= 11 is 0. The van der Waals surface area contributed by atoms with E-state index in [4.69, 9.17) is 0 Å². The summed E-state index contributed by atoms with van der Waals surface area (Å²) in [5, 5.41) is 0. The van der Waals surface area contributed by atoms with Gasteiger partial charge in [0.25, 0.3) is 0 Å². The van der Waals surface area contributed by atoms with Crippen LogP contribution in [-0.2, 0) is 4.79 Å². The normalized spacial score (nSPS) is 16.9. The fourth-order valence-electron chi connectivity index (χ4n) is 1.61. The van der Waals surface area contributed by atoms with Gasteiger partial charge in [0.15, 0.2) is 0 Å². The molecule has 0 atom stereocenters. The number of aromatic nitrogens is 1. The second-order valence-corrected chi connectivity index (χ2v) is 3.83. The van der Waals surface area contributed by atoms with Gasteiger partial charge < -0.3 is 0 Å². The third kappa shape index (κ3) is 6.83. The van der Waals surface area contributed by atoms with Crippen molar-refractivity contribution in [2.24, 2.45) is 0 Å². The van der Waals surface area contributed by atoms with Crippen LogP contribution in [0.1, 0.15) is 44.9 Å². The van der Waals surface area contributed by atoms with Crippen LogP contribution in [0.3, 0.4) is 0 Å². The number of hydrogen-bond acceptors (Lipinski definition) is 2. The fourth-order valence-corrected chi connectivity index (χ4v) is 1.61. The number of carbonyl (C=O) groups is 1. The molecule has 1 saturated carbocycles. The summed E-state index contributed by atoms with van der Waals surface area (Å²) in [5.74, 6) is 0.481. The van der Waals surface area contributed by atoms with Crippen molar-refractivity contribution in [2.45, 2.75) is 44.9 Å². The minimum atomic E-state index is 0.481. The van der Waals surface area contributed by atoms with E-state index >= 15 is 0 Å². The third-order valence-electron chi connectivity index (χ3n) is 2.48. The molecule has 2 heteroatoms. The molecular formula is C13H19NO. The van der Waals surface area contributed by atoms with E-state index < -0.39 is 0 Å². The highest BCUT2D eigenvalue weighted by molar-refractivity contribution is 5.78. The summed E-state index contributed by atoms with van der Waals surface area (Å²) in [6.45, 7) is 0. The molecule has 0 amide bonds. The second-order valence-electron chi connectivity index (χ2n) is 3.83. The van der Waals surface area contributed by atoms with Crippen molar-refractivity contribution < 1.29 is 4.79 Å². The topological polar surface area (TPSA) is 30.0 Å². The van der Waals surface area contributed by atoms with Gasteiger partial charge in [0.05, 0.1) is 0 Å². The molecule has 1 aromatic heterocycles. The average Bonchev–Trinajstić information content (AvgIpc) is 2.27. The van der Waals surface area contributed by atoms with Crippen molar-refractivity contribution in [3.63, 3.8) is 0 Å². The van der Waals surface area contributed by atoms with E-state index in [2.05, 4.69) is 4.98 Å². The summed E-state index contributed by atoms with van der Waals surface area (Å²) in [4.78, 5) is 14.6. The number of Topliss-reactive ketones (excluding diaryl/α,β-unsaturated/α-hetero) is 1. The lowest BCUT2D eigenvalue weighted by Gasteiger charge is -2.05. The fraction of sp³-hybridized carbons (Fsp3) is 0.538. The number of pyridine rings is 1. The van der Waals surface area contributed by atoms with Gasteiger partial charge in [0.1, 0.15) is 5.78 Å². The van der Waals surface area contributed by atoms with Crippen LogP contribution < -0.4 is 0 Å². The molecule has 1 aliphatic carbocycles. The number of hydrogen-bond donors (Lipinski definition) is 0. The molecule has 0 bridgehead atoms. The Kier molecular flexibility index (Phi) is 6.47. The summed E-state index contributed by atoms with van der Waals surface area (Å²) in [7, 11) is 0. The minimum Gasteiger partial charge on any atom is -0.300 e. The Balaban J connectivity index is 0.000000162. The molecule has 0 aliphatic heterocycles. The SMILES string of the molecule is O=C1CCCCCCC1.c1ccncc1. The van der Waals surface area contributed by atoms with E-state index in [9.17, 15) is 4.79 Å². The molecule has 0 unspecified atom stereocenters. The molecule has 2 nitrogen and oxygen atoms in total. The molecule has 0 saturated heterocycles. The first-order chi connectivity index (χ1) is 7.39. The van der Waals surface area contributed by atoms with E-state index in [0.29, 0.717) is 5.78 Å². The lowest BCUT2D eigenvalue weighted by atomic mass is 10.0. The Morgan fingerprint density at radius 3 is 1.73 bits per heavy atom. The third-order valence-corrected chi connectivity index (χ3v) is 2.48. The van der Waals surface area contributed by atoms with Crippen LogP contribution >= 0.6 is 0 Å². The largest absolute Gasteiger partial charge is 0.300 e. The van der Waals surface area contributed by atoms with Crippen LogP contribution in [0.25, 0.3) is 0 Å². The number of ketones is 1. The summed E-state index contributed by atoms with van der Waals surface area (Å²) in [5.41, 5.74) is 0. The van der Waals surface area contributed by atoms with Crippen LogP contribution in [0, 0.1) is 0 Å². The zero-order chi connectivity index (χ0) is 10.8. The van der Waals surface area contributed by atoms with Gasteiger partial charge in [0.2, 0.25) is 0 Å². The molecule has 82 valence electrons. The van der Waals surface area contributed by atoms with Gasteiger partial charge in [-0.3, -0.25) is 9.78 Å². The van der Waals surface area contributed by atoms with Crippen molar-refractivity contribution in [3.05, 3.63) is 30.6 Å². The van der Waals surface area contributed by atoms with Gasteiger partial charge in [-0.05, 0) is 25.0 Å². The summed E-state index contributed by atoms with van der Waals surface area (Å²) in [6, 6.07) is 5.72. The minimum absolute atomic E-state index is 0.481. The predicted octanol–water partition coefficient (Wildman–Crippen LogP) is 3.38. The van der Waals surface area contributed by atoms with Gasteiger partial charge in [-0.2, -0.15) is 0 Å². The Morgan fingerprint density at radius 1 is 0.800 bits per heavy atom. The van der Waals surface area contributed by atoms with E-state index in [0.717, 1.165) is 25.7 Å². The molecule has 2 rings (SSSR count). The van der Waals surface area contributed by atoms with Crippen molar-refractivity contribution in [3.8, 4) is 0 Å². The maximum absolute atomic E-state index is 10.8. The van der Waals surface area contributed by atoms with Gasteiger partial charge in [-0.15, -0.1) is 0 Å². The Bertz CT molecular complexity index is 222. The first-order valence-corrected chi connectivity index (χ1v) is 5.76. The molecule has 1 aliphatic rings. The van der Waals surface area contributed by atoms with Crippen LogP contribution in [0.5, 0.6) is 0 Å². The average molecular weight is 205 g/mol. The predicted molar refractivity (Wildman–Crippen MR) is 61.6 cm³/mol. The van der Waals surface area contributed by atoms with Gasteiger partial charge >= 0.3 is 0 Å². The van der Waals surface area contributed by atoms with Crippen molar-refractivity contribution in [2.75, 3.05) is 0 Å². The summed E-state index contributed by atoms with van der Waals surface area (Å²) < 4.78 is 0. The standard InChI is InChI=1S/C8H14O.C5H5N/c9-8-6-4-2-1-3-5-7-8;1-2-4-6-5-3-1/h1-7H2;1-5H. The number of rotatable bonds is 0. The maximum Gasteiger partial charge on any atom is 0.132 e. The van der Waals surface area contributed by atoms with E-state index in [1.165, 1.54) is 19.3 Å². The van der Waals surface area contributed by atoms with Gasteiger partial charge in [-0.1, -0.05) is 25.3 Å². The highest BCUT2D eigenvalue weighted by Gasteiger charge is 2.04. The van der Waals surface area contributed by atoms with Crippen molar-refractivity contribution in [1.82, 2.24) is 4.98 Å². The lowest BCUT2D eigenvalue weighted by molar-refractivity contribution is -0.119. The number of nitrogens with zero attached hydrogens (tertiary/aromatic N) is 1. The Morgan fingerprint density at radius 2 is 1.33 bits per heavy atom. The molecule has 1 heterocycles. The Labute approximate surface area is 91.7 Å². The summed E-state index contributed by atoms with van der Waals surface area (Å²) in [6.07, 6.45) is 11.3. The van der Waals surface area contributed by atoms with Crippen molar-refractivity contribution in [1.29, 1.82) is 0 Å². The van der Waals surface area contributed by atoms with Gasteiger partial charge in [-0.25, -0.2) is 0 Å². The van der Waals surface area contributed by atoms with E-state index in [1.807, 2.05) is 18.2 Å². The second kappa shape index (κ2) is 8.16. The van der Waals surface area contributed by atoms with E-state index in [1.54, 1.807) is 12.4 Å². The van der Waals surface area contributed by atoms with Gasteiger partial charge in [0, 0.05) is 25.2 Å². The quantitative estimate of drug-likeness (QED) is 0.650. The van der Waals surface area contributed by atoms with Crippen LogP contribution in [-0.4, -0.2) is 10.8 Å². The molecule has 1 aromatic rings. The zero-order valence-corrected chi connectivity index (χ0v) is 9.19. The Hall–Kier alpha value is -1.18. The molecule has 0 N–H and O–H groups in total. The molecule has 15 heavy (non-hydrogen) atoms. The highest BCUT2D eigenvalue weighted by Crippen LogP contribution is 2.13. The first-order valence-electron chi connectivity index (χ1n) is 5.76. The molecular weight excluding hydrogens is 186 g/mol. The smallest absolute Gasteiger partial charge is 0.132 e. The van der Waals surface area contributed by atoms with Crippen LogP contribution in [0.4, 0.5) is 0 Å². The molecule has 0 spiro atoms. The number of carbonyl (C=O) groups excluding carboxylic acids is 1.